The molecule has 6 nitrogen and oxygen atoms in total. The molecule has 1 atom stereocenters. The molecule has 170 valence electrons. The Bertz CT molecular complexity index is 805. The van der Waals surface area contributed by atoms with E-state index in [0.717, 1.165) is 12.1 Å². The van der Waals surface area contributed by atoms with Gasteiger partial charge in [-0.05, 0) is 29.2 Å². The number of halogens is 2. The van der Waals surface area contributed by atoms with Gasteiger partial charge in [0.1, 0.15) is 5.82 Å². The molecule has 0 spiro atoms. The number of carbonyl (C=O) groups is 1. The zero-order chi connectivity index (χ0) is 21.6. The average molecular weight is 542 g/mol. The van der Waals surface area contributed by atoms with Gasteiger partial charge in [0, 0.05) is 26.7 Å². The molecule has 1 unspecified atom stereocenters. The maximum Gasteiger partial charge on any atom is 0.224 e. The highest BCUT2D eigenvalue weighted by atomic mass is 127. The summed E-state index contributed by atoms with van der Waals surface area (Å²) in [6.45, 7) is 5.07. The minimum atomic E-state index is -0.337. The lowest BCUT2D eigenvalue weighted by Crippen LogP contribution is -2.43. The Morgan fingerprint density at radius 3 is 2.45 bits per heavy atom. The first kappa shape index (κ1) is 26.8. The molecule has 0 saturated heterocycles. The number of hydrogen-bond acceptors (Lipinski definition) is 3. The topological polar surface area (TPSA) is 74.8 Å². The first-order chi connectivity index (χ1) is 14.6. The number of rotatable bonds is 11. The summed E-state index contributed by atoms with van der Waals surface area (Å²) < 4.78 is 18.9. The van der Waals surface area contributed by atoms with E-state index in [2.05, 4.69) is 27.9 Å². The third-order valence-corrected chi connectivity index (χ3v) is 4.35. The predicted octanol–water partition coefficient (Wildman–Crippen LogP) is 3.12. The smallest absolute Gasteiger partial charge is 0.224 e. The fourth-order valence-electron chi connectivity index (χ4n) is 2.78. The number of guanidine groups is 1. The van der Waals surface area contributed by atoms with E-state index in [-0.39, 0.29) is 42.1 Å². The van der Waals surface area contributed by atoms with Crippen molar-refractivity contribution in [2.45, 2.75) is 20.0 Å². The maximum absolute atomic E-state index is 13.2. The summed E-state index contributed by atoms with van der Waals surface area (Å²) in [4.78, 5) is 16.1. The molecule has 2 rings (SSSR count). The second kappa shape index (κ2) is 15.6. The van der Waals surface area contributed by atoms with Gasteiger partial charge in [-0.1, -0.05) is 49.4 Å². The molecule has 0 aliphatic carbocycles. The monoisotopic (exact) mass is 542 g/mol. The molecule has 0 aliphatic rings. The van der Waals surface area contributed by atoms with Gasteiger partial charge in [-0.3, -0.25) is 9.79 Å². The van der Waals surface area contributed by atoms with Gasteiger partial charge in [-0.25, -0.2) is 4.39 Å². The third-order valence-electron chi connectivity index (χ3n) is 4.35. The molecule has 0 fully saturated rings. The van der Waals surface area contributed by atoms with Crippen LogP contribution in [0.15, 0.2) is 59.6 Å². The van der Waals surface area contributed by atoms with E-state index in [9.17, 15) is 9.18 Å². The van der Waals surface area contributed by atoms with E-state index in [0.29, 0.717) is 43.7 Å². The van der Waals surface area contributed by atoms with Crippen molar-refractivity contribution in [1.82, 2.24) is 16.0 Å². The number of benzene rings is 2. The number of ether oxygens (including phenoxy) is 1. The predicted molar refractivity (Wildman–Crippen MR) is 133 cm³/mol. The largest absolute Gasteiger partial charge is 0.376 e. The van der Waals surface area contributed by atoms with Crippen molar-refractivity contribution in [3.8, 4) is 0 Å². The lowest BCUT2D eigenvalue weighted by Gasteiger charge is -2.16. The number of carbonyl (C=O) groups excluding carboxylic acids is 1. The van der Waals surface area contributed by atoms with Gasteiger partial charge in [-0.15, -0.1) is 24.0 Å². The zero-order valence-electron chi connectivity index (χ0n) is 18.1. The summed E-state index contributed by atoms with van der Waals surface area (Å²) in [6, 6.07) is 16.2. The van der Waals surface area contributed by atoms with Crippen molar-refractivity contribution < 1.29 is 13.9 Å². The molecule has 3 N–H and O–H groups in total. The highest BCUT2D eigenvalue weighted by Gasteiger charge is 2.06. The highest BCUT2D eigenvalue weighted by Crippen LogP contribution is 2.04. The first-order valence-corrected chi connectivity index (χ1v) is 10.1. The normalized spacial score (nSPS) is 11.9. The van der Waals surface area contributed by atoms with E-state index in [1.807, 2.05) is 30.3 Å². The summed E-state index contributed by atoms with van der Waals surface area (Å²) in [6.07, 6.45) is 0.158. The average Bonchev–Trinajstić information content (AvgIpc) is 2.74. The van der Waals surface area contributed by atoms with Crippen LogP contribution in [-0.2, 0) is 22.6 Å². The number of nitrogens with one attached hydrogen (secondary N) is 3. The van der Waals surface area contributed by atoms with E-state index in [1.165, 1.54) is 12.1 Å². The van der Waals surface area contributed by atoms with E-state index >= 15 is 0 Å². The molecule has 1 amide bonds. The van der Waals surface area contributed by atoms with Crippen LogP contribution in [0.5, 0.6) is 0 Å². The van der Waals surface area contributed by atoms with Crippen LogP contribution in [0.2, 0.25) is 0 Å². The Kier molecular flexibility index (Phi) is 13.5. The van der Waals surface area contributed by atoms with Crippen LogP contribution >= 0.6 is 24.0 Å². The molecule has 0 bridgehead atoms. The Balaban J connectivity index is 0.00000480. The van der Waals surface area contributed by atoms with E-state index < -0.39 is 0 Å². The Labute approximate surface area is 201 Å². The highest BCUT2D eigenvalue weighted by molar-refractivity contribution is 14.0. The van der Waals surface area contributed by atoms with Gasteiger partial charge in [0.25, 0.3) is 0 Å². The number of nitrogens with zero attached hydrogens (tertiary/aromatic N) is 1. The van der Waals surface area contributed by atoms with Crippen LogP contribution in [-0.4, -0.2) is 45.2 Å². The maximum atomic E-state index is 13.2. The van der Waals surface area contributed by atoms with Crippen molar-refractivity contribution in [3.63, 3.8) is 0 Å². The van der Waals surface area contributed by atoms with Crippen LogP contribution in [0.1, 0.15) is 18.1 Å². The van der Waals surface area contributed by atoms with Crippen LogP contribution in [0, 0.1) is 11.7 Å². The molecular formula is C23H32FIN4O2. The summed E-state index contributed by atoms with van der Waals surface area (Å²) in [5.74, 6) is 0.508. The fraction of sp³-hybridized carbons (Fsp3) is 0.391. The van der Waals surface area contributed by atoms with Crippen molar-refractivity contribution in [2.24, 2.45) is 10.9 Å². The van der Waals surface area contributed by atoms with Gasteiger partial charge in [-0.2, -0.15) is 0 Å². The van der Waals surface area contributed by atoms with E-state index in [1.54, 1.807) is 19.2 Å². The number of aliphatic imine (C=N–C) groups is 1. The van der Waals surface area contributed by atoms with Crippen molar-refractivity contribution in [2.75, 3.05) is 33.3 Å². The summed E-state index contributed by atoms with van der Waals surface area (Å²) in [5, 5.41) is 9.23. The lowest BCUT2D eigenvalue weighted by atomic mass is 10.1. The molecule has 0 aliphatic heterocycles. The van der Waals surface area contributed by atoms with Crippen molar-refractivity contribution in [1.29, 1.82) is 0 Å². The number of amides is 1. The fourth-order valence-corrected chi connectivity index (χ4v) is 2.78. The standard InChI is InChI=1S/C23H31FN4O2.HI/c1-18(16-30-17-19-7-4-3-5-8-19)15-28-23(25-2)27-12-11-26-22(29)14-20-9-6-10-21(24)13-20;/h3-10,13,18H,11-12,14-17H2,1-2H3,(H,26,29)(H2,25,27,28);1H. The van der Waals surface area contributed by atoms with Gasteiger partial charge < -0.3 is 20.7 Å². The van der Waals surface area contributed by atoms with Gasteiger partial charge in [0.2, 0.25) is 5.91 Å². The van der Waals surface area contributed by atoms with Crippen molar-refractivity contribution >= 4 is 35.8 Å². The second-order valence-corrected chi connectivity index (χ2v) is 7.14. The quantitative estimate of drug-likeness (QED) is 0.177. The minimum absolute atomic E-state index is 0. The SMILES string of the molecule is CN=C(NCCNC(=O)Cc1cccc(F)c1)NCC(C)COCc1ccccc1.I. The molecule has 0 saturated carbocycles. The minimum Gasteiger partial charge on any atom is -0.376 e. The molecule has 2 aromatic carbocycles. The Hall–Kier alpha value is -2.20. The van der Waals surface area contributed by atoms with E-state index in [4.69, 9.17) is 4.74 Å². The second-order valence-electron chi connectivity index (χ2n) is 7.14. The molecule has 31 heavy (non-hydrogen) atoms. The molecule has 0 radical (unpaired) electrons. The molecule has 0 heterocycles. The Morgan fingerprint density at radius 1 is 1.03 bits per heavy atom. The lowest BCUT2D eigenvalue weighted by molar-refractivity contribution is -0.120. The third kappa shape index (κ3) is 11.7. The summed E-state index contributed by atoms with van der Waals surface area (Å²) in [5.41, 5.74) is 1.82. The van der Waals surface area contributed by atoms with Crippen molar-refractivity contribution in [3.05, 3.63) is 71.5 Å². The Morgan fingerprint density at radius 2 is 1.74 bits per heavy atom. The van der Waals surface area contributed by atoms with Crippen LogP contribution < -0.4 is 16.0 Å². The van der Waals surface area contributed by atoms with Gasteiger partial charge in [0.15, 0.2) is 5.96 Å². The number of hydrogen-bond donors (Lipinski definition) is 3. The molecule has 2 aromatic rings. The van der Waals surface area contributed by atoms with Gasteiger partial charge >= 0.3 is 0 Å². The molecular weight excluding hydrogens is 510 g/mol. The summed E-state index contributed by atoms with van der Waals surface area (Å²) >= 11 is 0. The first-order valence-electron chi connectivity index (χ1n) is 10.1. The molecule has 0 aromatic heterocycles. The summed E-state index contributed by atoms with van der Waals surface area (Å²) in [7, 11) is 1.70. The zero-order valence-corrected chi connectivity index (χ0v) is 20.4. The van der Waals surface area contributed by atoms with Crippen LogP contribution in [0.25, 0.3) is 0 Å². The van der Waals surface area contributed by atoms with Crippen LogP contribution in [0.3, 0.4) is 0 Å². The molecule has 8 heteroatoms. The van der Waals surface area contributed by atoms with Gasteiger partial charge in [0.05, 0.1) is 19.6 Å². The van der Waals surface area contributed by atoms with Crippen LogP contribution in [0.4, 0.5) is 4.39 Å².